The molecule has 1 unspecified atom stereocenters. The van der Waals surface area contributed by atoms with Crippen LogP contribution in [0.4, 0.5) is 0 Å². The molecule has 0 rings (SSSR count). The standard InChI is InChI=1S/C8H17NO3/c1-6(2)3-4-9-7(5-10)8(11)12/h6-7,9-10H,3-5H2,1-2H3,(H,11,12). The Kier molecular flexibility index (Phi) is 5.66. The number of carboxylic acid groups (broad SMARTS) is 1. The molecule has 1 atom stereocenters. The fourth-order valence-electron chi connectivity index (χ4n) is 0.776. The van der Waals surface area contributed by atoms with Crippen molar-refractivity contribution >= 4 is 5.97 Å². The van der Waals surface area contributed by atoms with Gasteiger partial charge in [-0.05, 0) is 18.9 Å². The van der Waals surface area contributed by atoms with Crippen molar-refractivity contribution in [2.75, 3.05) is 13.2 Å². The molecule has 0 aliphatic rings. The minimum atomic E-state index is -0.999. The highest BCUT2D eigenvalue weighted by atomic mass is 16.4. The maximum absolute atomic E-state index is 10.4. The number of aliphatic hydroxyl groups excluding tert-OH is 1. The average molecular weight is 175 g/mol. The molecule has 0 radical (unpaired) electrons. The highest BCUT2D eigenvalue weighted by Gasteiger charge is 2.14. The third-order valence-electron chi connectivity index (χ3n) is 1.59. The molecule has 3 N–H and O–H groups in total. The van der Waals surface area contributed by atoms with Gasteiger partial charge in [-0.1, -0.05) is 13.8 Å². The number of hydrogen-bond donors (Lipinski definition) is 3. The van der Waals surface area contributed by atoms with Gasteiger partial charge in [0, 0.05) is 0 Å². The van der Waals surface area contributed by atoms with Gasteiger partial charge in [-0.25, -0.2) is 0 Å². The summed E-state index contributed by atoms with van der Waals surface area (Å²) in [5, 5.41) is 19.9. The van der Waals surface area contributed by atoms with Gasteiger partial charge in [0.15, 0.2) is 0 Å². The van der Waals surface area contributed by atoms with E-state index in [4.69, 9.17) is 10.2 Å². The molecular formula is C8H17NO3. The topological polar surface area (TPSA) is 69.6 Å². The normalized spacial score (nSPS) is 13.3. The lowest BCUT2D eigenvalue weighted by atomic mass is 10.1. The zero-order valence-corrected chi connectivity index (χ0v) is 7.58. The second-order valence-electron chi connectivity index (χ2n) is 3.21. The quantitative estimate of drug-likeness (QED) is 0.534. The Labute approximate surface area is 72.6 Å². The monoisotopic (exact) mass is 175 g/mol. The third-order valence-corrected chi connectivity index (χ3v) is 1.59. The van der Waals surface area contributed by atoms with Crippen molar-refractivity contribution in [1.82, 2.24) is 5.32 Å². The van der Waals surface area contributed by atoms with Crippen LogP contribution in [0.3, 0.4) is 0 Å². The van der Waals surface area contributed by atoms with E-state index in [1.165, 1.54) is 0 Å². The summed E-state index contributed by atoms with van der Waals surface area (Å²) >= 11 is 0. The summed E-state index contributed by atoms with van der Waals surface area (Å²) in [5.41, 5.74) is 0. The summed E-state index contributed by atoms with van der Waals surface area (Å²) in [6.45, 7) is 4.41. The van der Waals surface area contributed by atoms with Crippen LogP contribution in [0, 0.1) is 5.92 Å². The van der Waals surface area contributed by atoms with E-state index >= 15 is 0 Å². The van der Waals surface area contributed by atoms with Crippen molar-refractivity contribution < 1.29 is 15.0 Å². The van der Waals surface area contributed by atoms with Crippen LogP contribution in [0.25, 0.3) is 0 Å². The van der Waals surface area contributed by atoms with Crippen molar-refractivity contribution in [2.45, 2.75) is 26.3 Å². The highest BCUT2D eigenvalue weighted by molar-refractivity contribution is 5.73. The van der Waals surface area contributed by atoms with Gasteiger partial charge in [0.1, 0.15) is 6.04 Å². The van der Waals surface area contributed by atoms with E-state index < -0.39 is 12.0 Å². The first kappa shape index (κ1) is 11.4. The molecule has 0 aliphatic carbocycles. The Hall–Kier alpha value is -0.610. The van der Waals surface area contributed by atoms with E-state index in [1.54, 1.807) is 0 Å². The van der Waals surface area contributed by atoms with Gasteiger partial charge >= 0.3 is 5.97 Å². The van der Waals surface area contributed by atoms with Crippen LogP contribution in [0.2, 0.25) is 0 Å². The smallest absolute Gasteiger partial charge is 0.323 e. The fourth-order valence-corrected chi connectivity index (χ4v) is 0.776. The Morgan fingerprint density at radius 2 is 2.08 bits per heavy atom. The van der Waals surface area contributed by atoms with Crippen LogP contribution < -0.4 is 5.32 Å². The number of aliphatic carboxylic acids is 1. The zero-order chi connectivity index (χ0) is 9.56. The molecule has 0 aromatic heterocycles. The molecule has 0 heterocycles. The van der Waals surface area contributed by atoms with E-state index in [2.05, 4.69) is 19.2 Å². The third kappa shape index (κ3) is 5.09. The van der Waals surface area contributed by atoms with Gasteiger partial charge in [-0.2, -0.15) is 0 Å². The van der Waals surface area contributed by atoms with Crippen LogP contribution >= 0.6 is 0 Å². The summed E-state index contributed by atoms with van der Waals surface area (Å²) in [6.07, 6.45) is 0.920. The summed E-state index contributed by atoms with van der Waals surface area (Å²) in [5.74, 6) is -0.452. The van der Waals surface area contributed by atoms with Gasteiger partial charge in [0.05, 0.1) is 6.61 Å². The number of carbonyl (C=O) groups is 1. The SMILES string of the molecule is CC(C)CCNC(CO)C(=O)O. The Balaban J connectivity index is 3.52. The molecular weight excluding hydrogens is 158 g/mol. The predicted molar refractivity (Wildman–Crippen MR) is 46.0 cm³/mol. The van der Waals surface area contributed by atoms with E-state index in [0.29, 0.717) is 12.5 Å². The summed E-state index contributed by atoms with van der Waals surface area (Å²) in [7, 11) is 0. The molecule has 0 bridgehead atoms. The second-order valence-corrected chi connectivity index (χ2v) is 3.21. The summed E-state index contributed by atoms with van der Waals surface area (Å²) < 4.78 is 0. The molecule has 0 saturated carbocycles. The Bertz CT molecular complexity index is 136. The lowest BCUT2D eigenvalue weighted by Gasteiger charge is -2.12. The predicted octanol–water partition coefficient (Wildman–Crippen LogP) is 0.0676. The molecule has 0 saturated heterocycles. The molecule has 72 valence electrons. The molecule has 0 spiro atoms. The molecule has 0 amide bonds. The van der Waals surface area contributed by atoms with Crippen molar-refractivity contribution in [1.29, 1.82) is 0 Å². The van der Waals surface area contributed by atoms with Crippen molar-refractivity contribution in [3.63, 3.8) is 0 Å². The van der Waals surface area contributed by atoms with Gasteiger partial charge in [-0.3, -0.25) is 4.79 Å². The lowest BCUT2D eigenvalue weighted by Crippen LogP contribution is -2.40. The Morgan fingerprint density at radius 1 is 1.50 bits per heavy atom. The first-order valence-corrected chi connectivity index (χ1v) is 4.15. The van der Waals surface area contributed by atoms with Gasteiger partial charge in [0.25, 0.3) is 0 Å². The number of carboxylic acids is 1. The van der Waals surface area contributed by atoms with Crippen LogP contribution in [0.1, 0.15) is 20.3 Å². The second kappa shape index (κ2) is 5.97. The minimum Gasteiger partial charge on any atom is -0.480 e. The fraction of sp³-hybridized carbons (Fsp3) is 0.875. The van der Waals surface area contributed by atoms with Crippen LogP contribution in [-0.2, 0) is 4.79 Å². The van der Waals surface area contributed by atoms with E-state index in [0.717, 1.165) is 6.42 Å². The van der Waals surface area contributed by atoms with Crippen LogP contribution in [0.5, 0.6) is 0 Å². The maximum Gasteiger partial charge on any atom is 0.323 e. The number of hydrogen-bond acceptors (Lipinski definition) is 3. The van der Waals surface area contributed by atoms with Crippen LogP contribution in [0.15, 0.2) is 0 Å². The summed E-state index contributed by atoms with van der Waals surface area (Å²) in [4.78, 5) is 10.4. The summed E-state index contributed by atoms with van der Waals surface area (Å²) in [6, 6.07) is -0.816. The first-order valence-electron chi connectivity index (χ1n) is 4.15. The molecule has 12 heavy (non-hydrogen) atoms. The van der Waals surface area contributed by atoms with Gasteiger partial charge < -0.3 is 15.5 Å². The Morgan fingerprint density at radius 3 is 2.42 bits per heavy atom. The minimum absolute atomic E-state index is 0.354. The molecule has 0 fully saturated rings. The van der Waals surface area contributed by atoms with Gasteiger partial charge in [-0.15, -0.1) is 0 Å². The average Bonchev–Trinajstić information content (AvgIpc) is 1.96. The molecule has 4 nitrogen and oxygen atoms in total. The first-order chi connectivity index (χ1) is 5.57. The molecule has 4 heteroatoms. The number of nitrogens with one attached hydrogen (secondary N) is 1. The number of aliphatic hydroxyl groups is 1. The maximum atomic E-state index is 10.4. The van der Waals surface area contributed by atoms with Crippen LogP contribution in [-0.4, -0.2) is 35.4 Å². The van der Waals surface area contributed by atoms with Crippen molar-refractivity contribution in [3.8, 4) is 0 Å². The zero-order valence-electron chi connectivity index (χ0n) is 7.58. The molecule has 0 aromatic carbocycles. The van der Waals surface area contributed by atoms with Gasteiger partial charge in [0.2, 0.25) is 0 Å². The largest absolute Gasteiger partial charge is 0.480 e. The number of rotatable bonds is 6. The van der Waals surface area contributed by atoms with Crippen molar-refractivity contribution in [3.05, 3.63) is 0 Å². The lowest BCUT2D eigenvalue weighted by molar-refractivity contribution is -0.140. The van der Waals surface area contributed by atoms with Crippen molar-refractivity contribution in [2.24, 2.45) is 5.92 Å². The molecule has 0 aromatic rings. The molecule has 0 aliphatic heterocycles. The highest BCUT2D eigenvalue weighted by Crippen LogP contribution is 1.96. The van der Waals surface area contributed by atoms with E-state index in [9.17, 15) is 4.79 Å². The van der Waals surface area contributed by atoms with E-state index in [-0.39, 0.29) is 6.61 Å². The van der Waals surface area contributed by atoms with E-state index in [1.807, 2.05) is 0 Å².